The first-order valence-corrected chi connectivity index (χ1v) is 14.8. The molecule has 3 aromatic heterocycles. The van der Waals surface area contributed by atoms with Crippen molar-refractivity contribution in [2.24, 2.45) is 0 Å². The summed E-state index contributed by atoms with van der Waals surface area (Å²) in [4.78, 5) is 38.9. The molecule has 4 aromatic rings. The zero-order valence-electron chi connectivity index (χ0n) is 25.8. The lowest BCUT2D eigenvalue weighted by Gasteiger charge is -2.29. The predicted molar refractivity (Wildman–Crippen MR) is 163 cm³/mol. The smallest absolute Gasteiger partial charge is 0.458 e. The first-order chi connectivity index (χ1) is 22.1. The molecule has 0 radical (unpaired) electrons. The molecule has 1 saturated heterocycles. The highest BCUT2D eigenvalue weighted by molar-refractivity contribution is 6.07. The highest BCUT2D eigenvalue weighted by atomic mass is 19.4. The van der Waals surface area contributed by atoms with Crippen LogP contribution >= 0.6 is 0 Å². The van der Waals surface area contributed by atoms with Crippen molar-refractivity contribution in [1.82, 2.24) is 19.9 Å². The number of hydrogen-bond acceptors (Lipinski definition) is 7. The number of carbonyl (C=O) groups is 2. The molecule has 3 N–H and O–H groups in total. The topological polar surface area (TPSA) is 121 Å². The number of aromatic nitrogens is 3. The molecule has 10 nitrogen and oxygen atoms in total. The summed E-state index contributed by atoms with van der Waals surface area (Å²) in [6, 6.07) is 8.45. The maximum absolute atomic E-state index is 14.6. The van der Waals surface area contributed by atoms with Crippen LogP contribution < -0.4 is 15.4 Å². The Balaban J connectivity index is 1.36. The summed E-state index contributed by atoms with van der Waals surface area (Å²) >= 11 is 0. The number of alkyl halides is 5. The lowest BCUT2D eigenvalue weighted by molar-refractivity contribution is -0.289. The summed E-state index contributed by atoms with van der Waals surface area (Å²) in [6.07, 6.45) is -0.716. The van der Waals surface area contributed by atoms with Gasteiger partial charge in [0, 0.05) is 48.8 Å². The van der Waals surface area contributed by atoms with Crippen LogP contribution in [-0.4, -0.2) is 62.8 Å². The first-order valence-electron chi connectivity index (χ1n) is 14.8. The van der Waals surface area contributed by atoms with Gasteiger partial charge < -0.3 is 30.0 Å². The van der Waals surface area contributed by atoms with Crippen LogP contribution in [0.1, 0.15) is 55.1 Å². The van der Waals surface area contributed by atoms with Gasteiger partial charge in [-0.2, -0.15) is 22.0 Å². The maximum Gasteiger partial charge on any atom is 0.458 e. The van der Waals surface area contributed by atoms with Crippen molar-refractivity contribution in [1.29, 1.82) is 0 Å². The minimum Gasteiger partial charge on any atom is -0.491 e. The van der Waals surface area contributed by atoms with E-state index in [0.29, 0.717) is 31.1 Å². The van der Waals surface area contributed by atoms with E-state index in [9.17, 15) is 31.5 Å². The molecule has 1 atom stereocenters. The summed E-state index contributed by atoms with van der Waals surface area (Å²) in [5, 5.41) is 6.52. The number of benzene rings is 1. The molecule has 4 heterocycles. The van der Waals surface area contributed by atoms with Crippen LogP contribution in [0.25, 0.3) is 11.0 Å². The van der Waals surface area contributed by atoms with E-state index in [0.717, 1.165) is 23.1 Å². The molecule has 0 aliphatic carbocycles. The minimum absolute atomic E-state index is 0.0954. The van der Waals surface area contributed by atoms with Crippen LogP contribution in [0, 0.1) is 0 Å². The van der Waals surface area contributed by atoms with Gasteiger partial charge in [-0.05, 0) is 75.6 Å². The van der Waals surface area contributed by atoms with E-state index in [2.05, 4.69) is 25.6 Å². The molecule has 1 aliphatic heterocycles. The number of rotatable bonds is 9. The summed E-state index contributed by atoms with van der Waals surface area (Å²) in [6.45, 7) is 5.27. The Hall–Kier alpha value is -4.95. The standard InChI is InChI=1S/C32H33F5N6O4/c1-30(2,3)47-29(45)43-15-5-6-21(43)18-46-25-16-20(8-9-24(25)31(33,34)32(35,36)37)42-28(44)23-7-4-12-38-27(23)41-17-19-10-13-39-26-22(19)11-14-40-26/h4,7-14,16,21H,5-6,15,17-18H2,1-3H3,(H,38,41)(H,39,40)(H,42,44). The Morgan fingerprint density at radius 2 is 1.83 bits per heavy atom. The van der Waals surface area contributed by atoms with Crippen molar-refractivity contribution in [2.75, 3.05) is 23.8 Å². The number of nitrogens with one attached hydrogen (secondary N) is 3. The van der Waals surface area contributed by atoms with Crippen molar-refractivity contribution >= 4 is 34.5 Å². The third-order valence-electron chi connectivity index (χ3n) is 7.42. The molecule has 0 saturated carbocycles. The molecule has 1 aliphatic rings. The average molecular weight is 661 g/mol. The van der Waals surface area contributed by atoms with Crippen LogP contribution in [0.5, 0.6) is 5.75 Å². The maximum atomic E-state index is 14.6. The fourth-order valence-electron chi connectivity index (χ4n) is 5.17. The summed E-state index contributed by atoms with van der Waals surface area (Å²) in [5.41, 5.74) is -0.660. The Kier molecular flexibility index (Phi) is 9.27. The van der Waals surface area contributed by atoms with Crippen LogP contribution in [0.2, 0.25) is 0 Å². The molecule has 47 heavy (non-hydrogen) atoms. The molecule has 0 spiro atoms. The van der Waals surface area contributed by atoms with E-state index in [-0.39, 0.29) is 30.2 Å². The Morgan fingerprint density at radius 3 is 2.57 bits per heavy atom. The van der Waals surface area contributed by atoms with E-state index in [1.807, 2.05) is 12.1 Å². The normalized spacial score (nSPS) is 15.5. The van der Waals surface area contributed by atoms with Gasteiger partial charge >= 0.3 is 18.2 Å². The molecule has 5 rings (SSSR count). The molecule has 1 aromatic carbocycles. The summed E-state index contributed by atoms with van der Waals surface area (Å²) in [5.74, 6) is -6.54. The second-order valence-corrected chi connectivity index (χ2v) is 12.0. The van der Waals surface area contributed by atoms with Crippen LogP contribution in [0.4, 0.5) is 38.3 Å². The number of nitrogens with zero attached hydrogens (tertiary/aromatic N) is 3. The number of carbonyl (C=O) groups excluding carboxylic acids is 2. The van der Waals surface area contributed by atoms with E-state index < -0.39 is 47.1 Å². The predicted octanol–water partition coefficient (Wildman–Crippen LogP) is 7.25. The molecule has 15 heteroatoms. The van der Waals surface area contributed by atoms with Gasteiger partial charge in [0.1, 0.15) is 29.4 Å². The zero-order valence-corrected chi connectivity index (χ0v) is 25.8. The largest absolute Gasteiger partial charge is 0.491 e. The number of pyridine rings is 2. The van der Waals surface area contributed by atoms with Crippen LogP contribution in [0.3, 0.4) is 0 Å². The van der Waals surface area contributed by atoms with Crippen molar-refractivity contribution in [3.63, 3.8) is 0 Å². The van der Waals surface area contributed by atoms with E-state index in [1.54, 1.807) is 33.2 Å². The van der Waals surface area contributed by atoms with Gasteiger partial charge in [-0.15, -0.1) is 0 Å². The number of amides is 2. The molecular formula is C32H33F5N6O4. The van der Waals surface area contributed by atoms with Crippen LogP contribution in [0.15, 0.2) is 61.1 Å². The number of ether oxygens (including phenoxy) is 2. The first kappa shape index (κ1) is 33.4. The Bertz CT molecular complexity index is 1750. The summed E-state index contributed by atoms with van der Waals surface area (Å²) < 4.78 is 80.5. The molecule has 0 bridgehead atoms. The lowest BCUT2D eigenvalue weighted by Crippen LogP contribution is -2.42. The van der Waals surface area contributed by atoms with E-state index in [4.69, 9.17) is 9.47 Å². The lowest BCUT2D eigenvalue weighted by atomic mass is 10.1. The minimum atomic E-state index is -5.91. The van der Waals surface area contributed by atoms with Crippen LogP contribution in [-0.2, 0) is 17.2 Å². The second kappa shape index (κ2) is 13.0. The monoisotopic (exact) mass is 660 g/mol. The number of H-pyrrole nitrogens is 1. The highest BCUT2D eigenvalue weighted by Gasteiger charge is 2.60. The number of fused-ring (bicyclic) bond motifs is 1. The molecule has 2 amide bonds. The van der Waals surface area contributed by atoms with Gasteiger partial charge in [-0.25, -0.2) is 14.8 Å². The molecule has 1 unspecified atom stereocenters. The third-order valence-corrected chi connectivity index (χ3v) is 7.42. The van der Waals surface area contributed by atoms with Crippen molar-refractivity contribution in [2.45, 2.75) is 63.9 Å². The van der Waals surface area contributed by atoms with Gasteiger partial charge in [0.05, 0.1) is 17.2 Å². The Morgan fingerprint density at radius 1 is 1.04 bits per heavy atom. The van der Waals surface area contributed by atoms with Gasteiger partial charge in [0.15, 0.2) is 0 Å². The van der Waals surface area contributed by atoms with Crippen molar-refractivity contribution in [3.8, 4) is 5.75 Å². The molecule has 250 valence electrons. The van der Waals surface area contributed by atoms with Gasteiger partial charge in [-0.3, -0.25) is 4.79 Å². The number of hydrogen-bond donors (Lipinski definition) is 3. The van der Waals surface area contributed by atoms with Gasteiger partial charge in [0.2, 0.25) is 0 Å². The van der Waals surface area contributed by atoms with Gasteiger partial charge in [-0.1, -0.05) is 0 Å². The van der Waals surface area contributed by atoms with Gasteiger partial charge in [0.25, 0.3) is 5.91 Å². The second-order valence-electron chi connectivity index (χ2n) is 12.0. The number of likely N-dealkylation sites (tertiary alicyclic amines) is 1. The Labute approximate surface area is 266 Å². The molecule has 1 fully saturated rings. The zero-order chi connectivity index (χ0) is 34.0. The quantitative estimate of drug-likeness (QED) is 0.162. The van der Waals surface area contributed by atoms with E-state index >= 15 is 0 Å². The number of halogens is 5. The summed E-state index contributed by atoms with van der Waals surface area (Å²) in [7, 11) is 0. The highest BCUT2D eigenvalue weighted by Crippen LogP contribution is 2.48. The fourth-order valence-corrected chi connectivity index (χ4v) is 5.17. The van der Waals surface area contributed by atoms with Crippen molar-refractivity contribution in [3.05, 3.63) is 77.7 Å². The number of aromatic amines is 1. The fraction of sp³-hybridized carbons (Fsp3) is 0.375. The SMILES string of the molecule is CC(C)(C)OC(=O)N1CCCC1COc1cc(NC(=O)c2cccnc2NCc2ccnc3[nH]ccc23)ccc1C(F)(F)C(F)(F)F. The van der Waals surface area contributed by atoms with E-state index in [1.165, 1.54) is 23.2 Å². The molecular weight excluding hydrogens is 627 g/mol. The average Bonchev–Trinajstić information content (AvgIpc) is 3.68. The van der Waals surface area contributed by atoms with Crippen molar-refractivity contribution < 1.29 is 41.0 Å². The third kappa shape index (κ3) is 7.55. The number of anilines is 2.